The fraction of sp³-hybridized carbons (Fsp3) is 0.267. The maximum atomic E-state index is 11.0. The van der Waals surface area contributed by atoms with Crippen LogP contribution in [0.5, 0.6) is 0 Å². The normalized spacial score (nSPS) is 10.2. The van der Waals surface area contributed by atoms with Crippen LogP contribution in [-0.2, 0) is 4.74 Å². The minimum atomic E-state index is -0.336. The Balaban J connectivity index is 0.000000160. The third-order valence-corrected chi connectivity index (χ3v) is 3.57. The average Bonchev–Trinajstić information content (AvgIpc) is 3.04. The van der Waals surface area contributed by atoms with Crippen LogP contribution in [-0.4, -0.2) is 22.5 Å². The van der Waals surface area contributed by atoms with Gasteiger partial charge in [0.05, 0.1) is 11.6 Å². The van der Waals surface area contributed by atoms with Gasteiger partial charge in [-0.1, -0.05) is 11.6 Å². The molecule has 0 aliphatic rings. The van der Waals surface area contributed by atoms with E-state index in [-0.39, 0.29) is 5.97 Å². The Labute approximate surface area is 136 Å². The van der Waals surface area contributed by atoms with Crippen LogP contribution in [0.2, 0.25) is 5.02 Å². The van der Waals surface area contributed by atoms with Crippen molar-refractivity contribution in [3.63, 3.8) is 0 Å². The van der Waals surface area contributed by atoms with E-state index in [1.54, 1.807) is 24.4 Å². The molecule has 0 bridgehead atoms. The van der Waals surface area contributed by atoms with Crippen LogP contribution in [0.1, 0.15) is 28.3 Å². The molecule has 0 saturated heterocycles. The van der Waals surface area contributed by atoms with Gasteiger partial charge >= 0.3 is 5.97 Å². The molecule has 0 aliphatic carbocycles. The predicted octanol–water partition coefficient (Wildman–Crippen LogP) is 4.42. The molecule has 5 nitrogen and oxygen atoms in total. The van der Waals surface area contributed by atoms with Crippen molar-refractivity contribution in [3.8, 4) is 0 Å². The van der Waals surface area contributed by atoms with E-state index in [1.165, 1.54) is 11.3 Å². The van der Waals surface area contributed by atoms with E-state index in [9.17, 15) is 4.79 Å². The molecule has 0 N–H and O–H groups in total. The van der Waals surface area contributed by atoms with Crippen LogP contribution in [0.3, 0.4) is 0 Å². The predicted molar refractivity (Wildman–Crippen MR) is 86.6 cm³/mol. The number of hydrogen-bond donors (Lipinski definition) is 0. The lowest BCUT2D eigenvalue weighted by Gasteiger charge is -1.95. The van der Waals surface area contributed by atoms with E-state index >= 15 is 0 Å². The molecule has 3 aromatic rings. The number of esters is 1. The number of carbonyl (C=O) groups is 1. The lowest BCUT2D eigenvalue weighted by atomic mass is 10.3. The van der Waals surface area contributed by atoms with E-state index in [4.69, 9.17) is 20.8 Å². The van der Waals surface area contributed by atoms with Gasteiger partial charge in [-0.25, -0.2) is 14.8 Å². The first-order valence-electron chi connectivity index (χ1n) is 6.61. The molecule has 2 heterocycles. The third kappa shape index (κ3) is 4.29. The number of fused-ring (bicyclic) bond motifs is 1. The summed E-state index contributed by atoms with van der Waals surface area (Å²) in [5.41, 5.74) is 2.01. The molecule has 116 valence electrons. The van der Waals surface area contributed by atoms with Crippen molar-refractivity contribution in [2.75, 3.05) is 6.61 Å². The van der Waals surface area contributed by atoms with Crippen molar-refractivity contribution in [1.29, 1.82) is 0 Å². The summed E-state index contributed by atoms with van der Waals surface area (Å²) in [4.78, 5) is 19.1. The fourth-order valence-electron chi connectivity index (χ4n) is 1.68. The van der Waals surface area contributed by atoms with Crippen molar-refractivity contribution in [2.45, 2.75) is 20.8 Å². The zero-order chi connectivity index (χ0) is 16.1. The van der Waals surface area contributed by atoms with Crippen LogP contribution in [0, 0.1) is 13.8 Å². The van der Waals surface area contributed by atoms with Gasteiger partial charge in [0.2, 0.25) is 0 Å². The van der Waals surface area contributed by atoms with Gasteiger partial charge in [0, 0.05) is 17.3 Å². The Bertz CT molecular complexity index is 782. The highest BCUT2D eigenvalue weighted by Gasteiger charge is 2.08. The number of aryl methyl sites for hydroxylation is 2. The summed E-state index contributed by atoms with van der Waals surface area (Å²) >= 11 is 7.19. The highest BCUT2D eigenvalue weighted by atomic mass is 35.5. The minimum Gasteiger partial charge on any atom is -0.461 e. The average molecular weight is 339 g/mol. The molecule has 22 heavy (non-hydrogen) atoms. The largest absolute Gasteiger partial charge is 0.461 e. The zero-order valence-corrected chi connectivity index (χ0v) is 14.0. The lowest BCUT2D eigenvalue weighted by molar-refractivity contribution is 0.0520. The van der Waals surface area contributed by atoms with Crippen LogP contribution in [0.15, 0.2) is 28.0 Å². The molecule has 0 atom stereocenters. The van der Waals surface area contributed by atoms with Crippen molar-refractivity contribution in [2.24, 2.45) is 0 Å². The van der Waals surface area contributed by atoms with Gasteiger partial charge in [-0.05, 0) is 32.0 Å². The quantitative estimate of drug-likeness (QED) is 0.647. The van der Waals surface area contributed by atoms with E-state index < -0.39 is 0 Å². The number of ether oxygens (including phenoxy) is 1. The smallest absolute Gasteiger partial charge is 0.357 e. The Hall–Kier alpha value is -1.92. The van der Waals surface area contributed by atoms with Crippen molar-refractivity contribution < 1.29 is 13.9 Å². The molecule has 7 heteroatoms. The number of oxazole rings is 1. The summed E-state index contributed by atoms with van der Waals surface area (Å²) in [5.74, 6) is 0.333. The molecule has 0 aliphatic heterocycles. The van der Waals surface area contributed by atoms with Crippen molar-refractivity contribution >= 4 is 40.0 Å². The van der Waals surface area contributed by atoms with E-state index in [0.29, 0.717) is 23.2 Å². The van der Waals surface area contributed by atoms with Gasteiger partial charge in [0.1, 0.15) is 5.52 Å². The molecule has 0 amide bonds. The molecular weight excluding hydrogens is 324 g/mol. The Kier molecular flexibility index (Phi) is 5.51. The number of rotatable bonds is 2. The number of thiazole rings is 1. The summed E-state index contributed by atoms with van der Waals surface area (Å²) in [6, 6.07) is 5.39. The Morgan fingerprint density at radius 1 is 1.36 bits per heavy atom. The summed E-state index contributed by atoms with van der Waals surface area (Å²) < 4.78 is 10.00. The first-order valence-corrected chi connectivity index (χ1v) is 7.87. The van der Waals surface area contributed by atoms with Gasteiger partial charge < -0.3 is 9.15 Å². The molecule has 2 aromatic heterocycles. The maximum absolute atomic E-state index is 11.0. The molecule has 0 spiro atoms. The van der Waals surface area contributed by atoms with Crippen LogP contribution >= 0.6 is 22.9 Å². The fourth-order valence-corrected chi connectivity index (χ4v) is 2.43. The van der Waals surface area contributed by atoms with Gasteiger partial charge in [-0.2, -0.15) is 0 Å². The SMILES string of the molecule is CCOC(=O)c1csc(C)n1.Cc1nc2cc(Cl)ccc2o1. The second-order valence-corrected chi connectivity index (χ2v) is 5.82. The van der Waals surface area contributed by atoms with Crippen LogP contribution < -0.4 is 0 Å². The lowest BCUT2D eigenvalue weighted by Crippen LogP contribution is -2.04. The number of benzene rings is 1. The molecule has 0 radical (unpaired) electrons. The topological polar surface area (TPSA) is 65.2 Å². The standard InChI is InChI=1S/C8H6ClNO.C7H9NO2S/c1-5-10-7-4-6(9)2-3-8(7)11-5;1-3-10-7(9)6-4-11-5(2)8-6/h2-4H,1H3;4H,3H2,1-2H3. The highest BCUT2D eigenvalue weighted by molar-refractivity contribution is 7.09. The molecule has 0 fully saturated rings. The van der Waals surface area contributed by atoms with Crippen molar-refractivity contribution in [1.82, 2.24) is 9.97 Å². The third-order valence-electron chi connectivity index (χ3n) is 2.56. The van der Waals surface area contributed by atoms with Crippen molar-refractivity contribution in [3.05, 3.63) is 45.2 Å². The Morgan fingerprint density at radius 3 is 2.77 bits per heavy atom. The highest BCUT2D eigenvalue weighted by Crippen LogP contribution is 2.19. The van der Waals surface area contributed by atoms with Crippen LogP contribution in [0.4, 0.5) is 0 Å². The second-order valence-electron chi connectivity index (χ2n) is 4.32. The van der Waals surface area contributed by atoms with Crippen LogP contribution in [0.25, 0.3) is 11.1 Å². The maximum Gasteiger partial charge on any atom is 0.357 e. The molecule has 0 unspecified atom stereocenters. The summed E-state index contributed by atoms with van der Waals surface area (Å²) in [6.45, 7) is 5.84. The van der Waals surface area contributed by atoms with Gasteiger partial charge in [0.25, 0.3) is 0 Å². The monoisotopic (exact) mass is 338 g/mol. The molecular formula is C15H15ClN2O3S. The summed E-state index contributed by atoms with van der Waals surface area (Å²) in [7, 11) is 0. The molecule has 3 rings (SSSR count). The minimum absolute atomic E-state index is 0.336. The van der Waals surface area contributed by atoms with Gasteiger partial charge in [-0.3, -0.25) is 0 Å². The Morgan fingerprint density at radius 2 is 2.14 bits per heavy atom. The summed E-state index contributed by atoms with van der Waals surface area (Å²) in [6.07, 6.45) is 0. The van der Waals surface area contributed by atoms with E-state index in [0.717, 1.165) is 16.1 Å². The first-order chi connectivity index (χ1) is 10.5. The van der Waals surface area contributed by atoms with Gasteiger partial charge in [0.15, 0.2) is 17.2 Å². The van der Waals surface area contributed by atoms with E-state index in [2.05, 4.69) is 9.97 Å². The summed E-state index contributed by atoms with van der Waals surface area (Å²) in [5, 5.41) is 3.27. The first kappa shape index (κ1) is 16.5. The van der Waals surface area contributed by atoms with E-state index in [1.807, 2.05) is 19.9 Å². The van der Waals surface area contributed by atoms with Gasteiger partial charge in [-0.15, -0.1) is 11.3 Å². The number of nitrogens with zero attached hydrogens (tertiary/aromatic N) is 2. The number of hydrogen-bond acceptors (Lipinski definition) is 6. The zero-order valence-electron chi connectivity index (χ0n) is 12.4. The second kappa shape index (κ2) is 7.38. The molecule has 1 aromatic carbocycles. The number of carbonyl (C=O) groups excluding carboxylic acids is 1. The number of halogens is 1. The number of aromatic nitrogens is 2. The molecule has 0 saturated carbocycles.